The van der Waals surface area contributed by atoms with E-state index in [4.69, 9.17) is 4.74 Å². The molecule has 13 heavy (non-hydrogen) atoms. The van der Waals surface area contributed by atoms with Gasteiger partial charge < -0.3 is 4.74 Å². The van der Waals surface area contributed by atoms with Gasteiger partial charge in [-0.3, -0.25) is 0 Å². The van der Waals surface area contributed by atoms with Crippen molar-refractivity contribution in [3.8, 4) is 5.75 Å². The van der Waals surface area contributed by atoms with Crippen LogP contribution in [0.1, 0.15) is 5.56 Å². The van der Waals surface area contributed by atoms with Gasteiger partial charge in [-0.25, -0.2) is 4.39 Å². The third-order valence-electron chi connectivity index (χ3n) is 1.59. The van der Waals surface area contributed by atoms with Gasteiger partial charge in [-0.15, -0.1) is 0 Å². The number of ether oxygens (including phenoxy) is 1. The minimum Gasteiger partial charge on any atom is -0.497 e. The zero-order valence-electron chi connectivity index (χ0n) is 7.26. The van der Waals surface area contributed by atoms with Crippen molar-refractivity contribution >= 4 is 22.0 Å². The van der Waals surface area contributed by atoms with Crippen molar-refractivity contribution in [3.63, 3.8) is 0 Å². The summed E-state index contributed by atoms with van der Waals surface area (Å²) >= 11 is 3.23. The molecule has 0 N–H and O–H groups in total. The van der Waals surface area contributed by atoms with Gasteiger partial charge in [-0.1, -0.05) is 28.1 Å². The van der Waals surface area contributed by atoms with Crippen LogP contribution in [0.4, 0.5) is 4.39 Å². The van der Waals surface area contributed by atoms with Crippen LogP contribution in [0.15, 0.2) is 24.3 Å². The average Bonchev–Trinajstić information content (AvgIpc) is 2.17. The predicted octanol–water partition coefficient (Wildman–Crippen LogP) is 3.24. The molecule has 0 saturated heterocycles. The predicted molar refractivity (Wildman–Crippen MR) is 55.8 cm³/mol. The van der Waals surface area contributed by atoms with Crippen molar-refractivity contribution in [1.29, 1.82) is 0 Å². The lowest BCUT2D eigenvalue weighted by atomic mass is 10.2. The highest BCUT2D eigenvalue weighted by molar-refractivity contribution is 9.09. The average molecular weight is 245 g/mol. The Kier molecular flexibility index (Phi) is 3.96. The van der Waals surface area contributed by atoms with E-state index in [1.54, 1.807) is 25.3 Å². The zero-order chi connectivity index (χ0) is 9.68. The fraction of sp³-hybridized carbons (Fsp3) is 0.200. The molecule has 1 aromatic carbocycles. The lowest BCUT2D eigenvalue weighted by Crippen LogP contribution is -1.86. The Balaban J connectivity index is 2.97. The fourth-order valence-corrected chi connectivity index (χ4v) is 1.13. The summed E-state index contributed by atoms with van der Waals surface area (Å²) in [6.07, 6.45) is 3.55. The number of rotatable bonds is 3. The molecule has 0 aliphatic rings. The monoisotopic (exact) mass is 244 g/mol. The number of alkyl halides is 1. The molecule has 1 aromatic rings. The number of hydrogen-bond donors (Lipinski definition) is 0. The number of methoxy groups -OCH3 is 1. The van der Waals surface area contributed by atoms with Crippen molar-refractivity contribution in [2.24, 2.45) is 0 Å². The van der Waals surface area contributed by atoms with Crippen molar-refractivity contribution in [1.82, 2.24) is 0 Å². The zero-order valence-corrected chi connectivity index (χ0v) is 8.84. The van der Waals surface area contributed by atoms with Crippen molar-refractivity contribution in [3.05, 3.63) is 35.7 Å². The van der Waals surface area contributed by atoms with E-state index >= 15 is 0 Å². The molecule has 70 valence electrons. The molecular formula is C10H10BrFO. The second kappa shape index (κ2) is 5.02. The molecule has 0 heterocycles. The normalized spacial score (nSPS) is 10.7. The standard InChI is InChI=1S/C10H10BrFO/c1-13-9-4-5-10(12)8(7-9)3-2-6-11/h2-5,7H,6H2,1H3. The number of benzene rings is 1. The van der Waals surface area contributed by atoms with E-state index in [0.29, 0.717) is 16.6 Å². The Morgan fingerprint density at radius 3 is 2.92 bits per heavy atom. The van der Waals surface area contributed by atoms with Crippen molar-refractivity contribution in [2.45, 2.75) is 0 Å². The SMILES string of the molecule is COc1ccc(F)c(C=CCBr)c1. The highest BCUT2D eigenvalue weighted by atomic mass is 79.9. The van der Waals surface area contributed by atoms with E-state index in [0.717, 1.165) is 0 Å². The Labute approximate surface area is 85.3 Å². The summed E-state index contributed by atoms with van der Waals surface area (Å²) in [6.45, 7) is 0. The van der Waals surface area contributed by atoms with Gasteiger partial charge in [0.15, 0.2) is 0 Å². The van der Waals surface area contributed by atoms with Crippen LogP contribution in [0.5, 0.6) is 5.75 Å². The van der Waals surface area contributed by atoms with Crippen LogP contribution < -0.4 is 4.74 Å². The summed E-state index contributed by atoms with van der Waals surface area (Å²) in [5.74, 6) is 0.425. The maximum atomic E-state index is 13.1. The Morgan fingerprint density at radius 2 is 2.31 bits per heavy atom. The smallest absolute Gasteiger partial charge is 0.130 e. The second-order valence-electron chi connectivity index (χ2n) is 2.44. The molecule has 0 amide bonds. The summed E-state index contributed by atoms with van der Waals surface area (Å²) < 4.78 is 18.1. The molecule has 0 aliphatic carbocycles. The van der Waals surface area contributed by atoms with E-state index in [2.05, 4.69) is 15.9 Å². The molecule has 0 aliphatic heterocycles. The third kappa shape index (κ3) is 2.84. The maximum Gasteiger partial charge on any atom is 0.130 e. The quantitative estimate of drug-likeness (QED) is 0.743. The Hall–Kier alpha value is -0.830. The Bertz CT molecular complexity index is 310. The van der Waals surface area contributed by atoms with Crippen molar-refractivity contribution in [2.75, 3.05) is 12.4 Å². The van der Waals surface area contributed by atoms with E-state index in [9.17, 15) is 4.39 Å². The van der Waals surface area contributed by atoms with E-state index in [1.807, 2.05) is 6.08 Å². The molecule has 0 fully saturated rings. The van der Waals surface area contributed by atoms with Crippen LogP contribution in [0.3, 0.4) is 0 Å². The maximum absolute atomic E-state index is 13.1. The first kappa shape index (κ1) is 10.3. The summed E-state index contributed by atoms with van der Waals surface area (Å²) in [5.41, 5.74) is 0.541. The molecule has 0 unspecified atom stereocenters. The molecule has 1 nitrogen and oxygen atoms in total. The van der Waals surface area contributed by atoms with Gasteiger partial charge in [0.1, 0.15) is 11.6 Å². The highest BCUT2D eigenvalue weighted by Gasteiger charge is 1.99. The van der Waals surface area contributed by atoms with E-state index in [-0.39, 0.29) is 5.82 Å². The lowest BCUT2D eigenvalue weighted by Gasteiger charge is -2.01. The van der Waals surface area contributed by atoms with Crippen LogP contribution >= 0.6 is 15.9 Å². The summed E-state index contributed by atoms with van der Waals surface area (Å²) in [4.78, 5) is 0. The summed E-state index contributed by atoms with van der Waals surface area (Å²) in [7, 11) is 1.56. The first-order valence-corrected chi connectivity index (χ1v) is 4.96. The van der Waals surface area contributed by atoms with Gasteiger partial charge in [-0.2, -0.15) is 0 Å². The van der Waals surface area contributed by atoms with Crippen LogP contribution in [0, 0.1) is 5.82 Å². The van der Waals surface area contributed by atoms with Gasteiger partial charge in [0, 0.05) is 10.9 Å². The first-order chi connectivity index (χ1) is 6.27. The molecule has 0 radical (unpaired) electrons. The van der Waals surface area contributed by atoms with Crippen LogP contribution in [0.2, 0.25) is 0 Å². The third-order valence-corrected chi connectivity index (χ3v) is 1.96. The van der Waals surface area contributed by atoms with Crippen LogP contribution in [-0.4, -0.2) is 12.4 Å². The van der Waals surface area contributed by atoms with Crippen LogP contribution in [-0.2, 0) is 0 Å². The molecule has 0 atom stereocenters. The lowest BCUT2D eigenvalue weighted by molar-refractivity contribution is 0.413. The fourth-order valence-electron chi connectivity index (χ4n) is 0.948. The minimum atomic E-state index is -0.238. The van der Waals surface area contributed by atoms with Gasteiger partial charge in [0.05, 0.1) is 7.11 Å². The van der Waals surface area contributed by atoms with Gasteiger partial charge in [-0.05, 0) is 18.2 Å². The second-order valence-corrected chi connectivity index (χ2v) is 3.09. The van der Waals surface area contributed by atoms with Gasteiger partial charge in [0.25, 0.3) is 0 Å². The number of hydrogen-bond acceptors (Lipinski definition) is 1. The molecule has 1 rings (SSSR count). The molecule has 3 heteroatoms. The molecule has 0 saturated carbocycles. The Morgan fingerprint density at radius 1 is 1.54 bits per heavy atom. The number of allylic oxidation sites excluding steroid dienone is 1. The van der Waals surface area contributed by atoms with Gasteiger partial charge >= 0.3 is 0 Å². The minimum absolute atomic E-state index is 0.238. The van der Waals surface area contributed by atoms with Crippen LogP contribution in [0.25, 0.3) is 6.08 Å². The van der Waals surface area contributed by atoms with Gasteiger partial charge in [0.2, 0.25) is 0 Å². The first-order valence-electron chi connectivity index (χ1n) is 3.84. The summed E-state index contributed by atoms with van der Waals surface area (Å²) in [5, 5.41) is 0.712. The molecule has 0 spiro atoms. The topological polar surface area (TPSA) is 9.23 Å². The van der Waals surface area contributed by atoms with E-state index in [1.165, 1.54) is 6.07 Å². The molecule has 0 bridgehead atoms. The molecule has 0 aromatic heterocycles. The number of halogens is 2. The largest absolute Gasteiger partial charge is 0.497 e. The van der Waals surface area contributed by atoms with Crippen molar-refractivity contribution < 1.29 is 9.13 Å². The highest BCUT2D eigenvalue weighted by Crippen LogP contribution is 2.17. The molecular weight excluding hydrogens is 235 g/mol. The summed E-state index contributed by atoms with van der Waals surface area (Å²) in [6, 6.07) is 4.65. The van der Waals surface area contributed by atoms with E-state index < -0.39 is 0 Å².